The van der Waals surface area contributed by atoms with Crippen LogP contribution in [0.3, 0.4) is 0 Å². The lowest BCUT2D eigenvalue weighted by molar-refractivity contribution is 0.419. The van der Waals surface area contributed by atoms with Gasteiger partial charge in [-0.25, -0.2) is 0 Å². The van der Waals surface area contributed by atoms with Crippen molar-refractivity contribution in [2.45, 2.75) is 71.6 Å². The zero-order valence-electron chi connectivity index (χ0n) is 13.2. The maximum absolute atomic E-state index is 2.54. The molecular weight excluding hydrogens is 228 g/mol. The van der Waals surface area contributed by atoms with Crippen molar-refractivity contribution in [3.05, 3.63) is 34.4 Å². The first-order chi connectivity index (χ1) is 8.86. The lowest BCUT2D eigenvalue weighted by Gasteiger charge is -2.28. The number of fused-ring (bicyclic) bond motifs is 2. The van der Waals surface area contributed by atoms with E-state index in [9.17, 15) is 0 Å². The van der Waals surface area contributed by atoms with E-state index in [0.717, 1.165) is 17.8 Å². The summed E-state index contributed by atoms with van der Waals surface area (Å²) in [7, 11) is 0. The summed E-state index contributed by atoms with van der Waals surface area (Å²) < 4.78 is 0. The second-order valence-corrected chi connectivity index (χ2v) is 8.04. The Bertz CT molecular complexity index is 489. The molecule has 2 saturated carbocycles. The molecule has 0 aliphatic heterocycles. The SMILES string of the molecule is Cc1cc(C2CC3CCC2C3)cc(C(C)(C)C)c1C. The topological polar surface area (TPSA) is 0 Å². The summed E-state index contributed by atoms with van der Waals surface area (Å²) in [5.74, 6) is 2.88. The molecule has 1 aromatic carbocycles. The van der Waals surface area contributed by atoms with Gasteiger partial charge >= 0.3 is 0 Å². The monoisotopic (exact) mass is 256 g/mol. The minimum Gasteiger partial charge on any atom is -0.0561 e. The highest BCUT2D eigenvalue weighted by Crippen LogP contribution is 2.53. The van der Waals surface area contributed by atoms with Gasteiger partial charge in [0.25, 0.3) is 0 Å². The van der Waals surface area contributed by atoms with Crippen molar-refractivity contribution < 1.29 is 0 Å². The standard InChI is InChI=1S/C19H28/c1-12-8-16(11-18(13(12)2)19(3,4)5)17-10-14-6-7-15(17)9-14/h8,11,14-15,17H,6-7,9-10H2,1-5H3. The average Bonchev–Trinajstić information content (AvgIpc) is 2.92. The second kappa shape index (κ2) is 4.36. The highest BCUT2D eigenvalue weighted by atomic mass is 14.4. The van der Waals surface area contributed by atoms with Crippen LogP contribution in [0.2, 0.25) is 0 Å². The number of benzene rings is 1. The summed E-state index contributed by atoms with van der Waals surface area (Å²) in [6.45, 7) is 11.6. The van der Waals surface area contributed by atoms with Crippen LogP contribution in [0.15, 0.2) is 12.1 Å². The van der Waals surface area contributed by atoms with Crippen molar-refractivity contribution in [3.8, 4) is 0 Å². The van der Waals surface area contributed by atoms with E-state index in [4.69, 9.17) is 0 Å². The smallest absolute Gasteiger partial charge is 0.0129 e. The van der Waals surface area contributed by atoms with Gasteiger partial charge in [-0.15, -0.1) is 0 Å². The molecule has 2 aliphatic carbocycles. The van der Waals surface area contributed by atoms with Crippen molar-refractivity contribution in [3.63, 3.8) is 0 Å². The molecule has 0 N–H and O–H groups in total. The molecule has 3 rings (SSSR count). The Morgan fingerprint density at radius 3 is 2.26 bits per heavy atom. The van der Waals surface area contributed by atoms with Crippen molar-refractivity contribution in [1.29, 1.82) is 0 Å². The van der Waals surface area contributed by atoms with Crippen LogP contribution < -0.4 is 0 Å². The van der Waals surface area contributed by atoms with Gasteiger partial charge in [0.15, 0.2) is 0 Å². The molecule has 2 aliphatic rings. The van der Waals surface area contributed by atoms with Gasteiger partial charge in [0.1, 0.15) is 0 Å². The van der Waals surface area contributed by atoms with E-state index in [1.165, 1.54) is 36.8 Å². The largest absolute Gasteiger partial charge is 0.0561 e. The van der Waals surface area contributed by atoms with Crippen LogP contribution in [0.25, 0.3) is 0 Å². The maximum Gasteiger partial charge on any atom is -0.0129 e. The molecule has 0 aromatic heterocycles. The first-order valence-electron chi connectivity index (χ1n) is 7.98. The second-order valence-electron chi connectivity index (χ2n) is 8.04. The average molecular weight is 256 g/mol. The summed E-state index contributed by atoms with van der Waals surface area (Å²) in [5.41, 5.74) is 6.46. The molecule has 3 atom stereocenters. The van der Waals surface area contributed by atoms with Gasteiger partial charge in [-0.05, 0) is 78.5 Å². The van der Waals surface area contributed by atoms with Gasteiger partial charge in [-0.2, -0.15) is 0 Å². The van der Waals surface area contributed by atoms with Gasteiger partial charge in [-0.3, -0.25) is 0 Å². The number of aryl methyl sites for hydroxylation is 1. The third kappa shape index (κ3) is 2.24. The van der Waals surface area contributed by atoms with Gasteiger partial charge in [-0.1, -0.05) is 39.3 Å². The van der Waals surface area contributed by atoms with E-state index in [2.05, 4.69) is 46.8 Å². The molecule has 0 saturated heterocycles. The lowest BCUT2D eigenvalue weighted by Crippen LogP contribution is -2.16. The van der Waals surface area contributed by atoms with Crippen LogP contribution >= 0.6 is 0 Å². The predicted octanol–water partition coefficient (Wildman–Crippen LogP) is 5.50. The van der Waals surface area contributed by atoms with Crippen molar-refractivity contribution in [2.75, 3.05) is 0 Å². The van der Waals surface area contributed by atoms with Gasteiger partial charge < -0.3 is 0 Å². The molecule has 0 amide bonds. The molecule has 0 spiro atoms. The van der Waals surface area contributed by atoms with E-state index >= 15 is 0 Å². The molecule has 1 aromatic rings. The normalized spacial score (nSPS) is 30.1. The quantitative estimate of drug-likeness (QED) is 0.622. The lowest BCUT2D eigenvalue weighted by atomic mass is 9.77. The fraction of sp³-hybridized carbons (Fsp3) is 0.684. The predicted molar refractivity (Wildman–Crippen MR) is 82.8 cm³/mol. The van der Waals surface area contributed by atoms with Crippen molar-refractivity contribution >= 4 is 0 Å². The van der Waals surface area contributed by atoms with Crippen molar-refractivity contribution in [2.24, 2.45) is 11.8 Å². The first kappa shape index (κ1) is 13.2. The van der Waals surface area contributed by atoms with Gasteiger partial charge in [0, 0.05) is 0 Å². The Morgan fingerprint density at radius 1 is 1.00 bits per heavy atom. The summed E-state index contributed by atoms with van der Waals surface area (Å²) >= 11 is 0. The summed E-state index contributed by atoms with van der Waals surface area (Å²) in [6, 6.07) is 5.02. The minimum atomic E-state index is 0.266. The van der Waals surface area contributed by atoms with Crippen LogP contribution in [0, 0.1) is 25.7 Å². The maximum atomic E-state index is 2.54. The van der Waals surface area contributed by atoms with E-state index in [0.29, 0.717) is 0 Å². The summed E-state index contributed by atoms with van der Waals surface area (Å²) in [4.78, 5) is 0. The van der Waals surface area contributed by atoms with E-state index in [1.807, 2.05) is 0 Å². The van der Waals surface area contributed by atoms with E-state index in [1.54, 1.807) is 11.1 Å². The van der Waals surface area contributed by atoms with Crippen LogP contribution in [0.1, 0.15) is 74.6 Å². The molecule has 0 radical (unpaired) electrons. The Hall–Kier alpha value is -0.780. The van der Waals surface area contributed by atoms with E-state index < -0.39 is 0 Å². The molecule has 0 heteroatoms. The third-order valence-corrected chi connectivity index (χ3v) is 5.66. The van der Waals surface area contributed by atoms with Crippen LogP contribution in [-0.2, 0) is 5.41 Å². The number of rotatable bonds is 1. The molecule has 104 valence electrons. The van der Waals surface area contributed by atoms with Crippen LogP contribution in [0.5, 0.6) is 0 Å². The number of hydrogen-bond acceptors (Lipinski definition) is 0. The Balaban J connectivity index is 2.01. The highest BCUT2D eigenvalue weighted by molar-refractivity contribution is 5.43. The molecule has 0 nitrogen and oxygen atoms in total. The number of hydrogen-bond donors (Lipinski definition) is 0. The molecule has 0 heterocycles. The Morgan fingerprint density at radius 2 is 1.74 bits per heavy atom. The molecule has 2 bridgehead atoms. The molecule has 19 heavy (non-hydrogen) atoms. The van der Waals surface area contributed by atoms with Gasteiger partial charge in [0.2, 0.25) is 0 Å². The van der Waals surface area contributed by atoms with Gasteiger partial charge in [0.05, 0.1) is 0 Å². The molecule has 3 unspecified atom stereocenters. The third-order valence-electron chi connectivity index (χ3n) is 5.66. The fourth-order valence-corrected chi connectivity index (χ4v) is 4.53. The fourth-order valence-electron chi connectivity index (χ4n) is 4.53. The van der Waals surface area contributed by atoms with Crippen LogP contribution in [-0.4, -0.2) is 0 Å². The van der Waals surface area contributed by atoms with Crippen LogP contribution in [0.4, 0.5) is 0 Å². The Kier molecular flexibility index (Phi) is 3.04. The Labute approximate surface area is 118 Å². The summed E-state index contributed by atoms with van der Waals surface area (Å²) in [5, 5.41) is 0. The van der Waals surface area contributed by atoms with E-state index in [-0.39, 0.29) is 5.41 Å². The summed E-state index contributed by atoms with van der Waals surface area (Å²) in [6.07, 6.45) is 5.93. The van der Waals surface area contributed by atoms with Crippen molar-refractivity contribution in [1.82, 2.24) is 0 Å². The first-order valence-corrected chi connectivity index (χ1v) is 7.98. The zero-order chi connectivity index (χ0) is 13.8. The minimum absolute atomic E-state index is 0.266. The molecular formula is C19H28. The molecule has 2 fully saturated rings. The highest BCUT2D eigenvalue weighted by Gasteiger charge is 2.40. The zero-order valence-corrected chi connectivity index (χ0v) is 13.2.